The number of amides is 1. The fourth-order valence-electron chi connectivity index (χ4n) is 3.34. The van der Waals surface area contributed by atoms with Crippen molar-refractivity contribution >= 4 is 15.9 Å². The van der Waals surface area contributed by atoms with Crippen LogP contribution in [0.15, 0.2) is 53.4 Å². The number of ether oxygens (including phenoxy) is 1. The van der Waals surface area contributed by atoms with E-state index in [4.69, 9.17) is 4.74 Å². The van der Waals surface area contributed by atoms with Crippen LogP contribution in [0.1, 0.15) is 25.0 Å². The highest BCUT2D eigenvalue weighted by atomic mass is 32.2. The van der Waals surface area contributed by atoms with Crippen molar-refractivity contribution in [1.29, 1.82) is 0 Å². The third-order valence-electron chi connectivity index (χ3n) is 5.03. The van der Waals surface area contributed by atoms with E-state index in [0.29, 0.717) is 18.8 Å². The van der Waals surface area contributed by atoms with E-state index in [1.54, 1.807) is 17.0 Å². The maximum Gasteiger partial charge on any atom is 0.241 e. The topological polar surface area (TPSA) is 75.7 Å². The van der Waals surface area contributed by atoms with Crippen LogP contribution in [-0.4, -0.2) is 38.9 Å². The first kappa shape index (κ1) is 20.4. The molecule has 28 heavy (non-hydrogen) atoms. The molecule has 6 nitrogen and oxygen atoms in total. The highest BCUT2D eigenvalue weighted by Gasteiger charge is 2.33. The summed E-state index contributed by atoms with van der Waals surface area (Å²) >= 11 is 0. The summed E-state index contributed by atoms with van der Waals surface area (Å²) < 4.78 is 33.3. The quantitative estimate of drug-likeness (QED) is 0.806. The van der Waals surface area contributed by atoms with Crippen molar-refractivity contribution < 1.29 is 17.9 Å². The molecule has 1 aliphatic heterocycles. The molecule has 1 atom stereocenters. The maximum atomic E-state index is 13.1. The van der Waals surface area contributed by atoms with Crippen LogP contribution in [0.2, 0.25) is 0 Å². The van der Waals surface area contributed by atoms with Crippen molar-refractivity contribution in [2.24, 2.45) is 5.92 Å². The number of rotatable bonds is 6. The first-order valence-corrected chi connectivity index (χ1v) is 10.8. The molecule has 1 unspecified atom stereocenters. The molecule has 1 heterocycles. The highest BCUT2D eigenvalue weighted by Crippen LogP contribution is 2.22. The summed E-state index contributed by atoms with van der Waals surface area (Å²) in [5.74, 6) is 0.196. The Hall–Kier alpha value is -2.38. The molecule has 3 rings (SSSR count). The third-order valence-corrected chi connectivity index (χ3v) is 6.48. The van der Waals surface area contributed by atoms with E-state index in [9.17, 15) is 13.2 Å². The maximum absolute atomic E-state index is 13.1. The van der Waals surface area contributed by atoms with Gasteiger partial charge < -0.3 is 9.64 Å². The summed E-state index contributed by atoms with van der Waals surface area (Å²) in [7, 11) is -2.31. The summed E-state index contributed by atoms with van der Waals surface area (Å²) in [6.45, 7) is 4.78. The lowest BCUT2D eigenvalue weighted by Gasteiger charge is -2.33. The average molecular weight is 403 g/mol. The average Bonchev–Trinajstić information content (AvgIpc) is 2.71. The molecule has 2 aromatic carbocycles. The van der Waals surface area contributed by atoms with Crippen molar-refractivity contribution in [1.82, 2.24) is 9.62 Å². The molecule has 1 amide bonds. The van der Waals surface area contributed by atoms with E-state index in [1.165, 1.54) is 24.8 Å². The zero-order chi connectivity index (χ0) is 20.3. The molecule has 0 saturated heterocycles. The van der Waals surface area contributed by atoms with Gasteiger partial charge in [0.2, 0.25) is 15.9 Å². The van der Waals surface area contributed by atoms with Gasteiger partial charge in [0.1, 0.15) is 11.8 Å². The Morgan fingerprint density at radius 1 is 1.07 bits per heavy atom. The number of benzene rings is 2. The SMILES string of the molecule is COc1ccc(S(=O)(=O)NC(C(=O)N2CCc3ccccc3C2)C(C)C)cc1. The van der Waals surface area contributed by atoms with Gasteiger partial charge in [-0.1, -0.05) is 38.1 Å². The molecule has 0 radical (unpaired) electrons. The Bertz CT molecular complexity index is 939. The summed E-state index contributed by atoms with van der Waals surface area (Å²) in [5.41, 5.74) is 2.36. The first-order chi connectivity index (χ1) is 13.3. The number of hydrogen-bond donors (Lipinski definition) is 1. The predicted octanol–water partition coefficient (Wildman–Crippen LogP) is 2.58. The number of methoxy groups -OCH3 is 1. The standard InChI is InChI=1S/C21H26N2O4S/c1-15(2)20(22-28(25,26)19-10-8-18(27-3)9-11-19)21(24)23-13-12-16-6-4-5-7-17(16)14-23/h4-11,15,20,22H,12-14H2,1-3H3. The second-order valence-electron chi connectivity index (χ2n) is 7.30. The number of nitrogens with zero attached hydrogens (tertiary/aromatic N) is 1. The summed E-state index contributed by atoms with van der Waals surface area (Å²) in [5, 5.41) is 0. The van der Waals surface area contributed by atoms with Gasteiger partial charge in [0.05, 0.1) is 12.0 Å². The molecule has 1 N–H and O–H groups in total. The van der Waals surface area contributed by atoms with Crippen molar-refractivity contribution in [3.05, 3.63) is 59.7 Å². The van der Waals surface area contributed by atoms with E-state index in [1.807, 2.05) is 32.0 Å². The molecule has 1 aliphatic rings. The number of hydrogen-bond acceptors (Lipinski definition) is 4. The fraction of sp³-hybridized carbons (Fsp3) is 0.381. The Balaban J connectivity index is 1.78. The number of fused-ring (bicyclic) bond motifs is 1. The van der Waals surface area contributed by atoms with Gasteiger partial charge in [-0.05, 0) is 47.7 Å². The van der Waals surface area contributed by atoms with Gasteiger partial charge in [0.15, 0.2) is 0 Å². The second kappa shape index (κ2) is 8.32. The molecule has 150 valence electrons. The van der Waals surface area contributed by atoms with Crippen LogP contribution in [-0.2, 0) is 27.8 Å². The van der Waals surface area contributed by atoms with Crippen molar-refractivity contribution in [3.63, 3.8) is 0 Å². The molecule has 0 bridgehead atoms. The van der Waals surface area contributed by atoms with Crippen LogP contribution in [0.4, 0.5) is 0 Å². The number of carbonyl (C=O) groups excluding carboxylic acids is 1. The minimum atomic E-state index is -3.83. The molecule has 0 saturated carbocycles. The van der Waals surface area contributed by atoms with Crippen LogP contribution in [0.5, 0.6) is 5.75 Å². The van der Waals surface area contributed by atoms with Gasteiger partial charge >= 0.3 is 0 Å². The van der Waals surface area contributed by atoms with E-state index >= 15 is 0 Å². The molecule has 2 aromatic rings. The van der Waals surface area contributed by atoms with Crippen LogP contribution in [0, 0.1) is 5.92 Å². The smallest absolute Gasteiger partial charge is 0.241 e. The first-order valence-electron chi connectivity index (χ1n) is 9.34. The largest absolute Gasteiger partial charge is 0.497 e. The molecule has 0 aromatic heterocycles. The van der Waals surface area contributed by atoms with Gasteiger partial charge in [-0.3, -0.25) is 4.79 Å². The lowest BCUT2D eigenvalue weighted by Crippen LogP contribution is -2.52. The van der Waals surface area contributed by atoms with E-state index in [2.05, 4.69) is 10.8 Å². The Labute approximate surface area is 166 Å². The van der Waals surface area contributed by atoms with Crippen LogP contribution < -0.4 is 9.46 Å². The normalized spacial score (nSPS) is 15.2. The molecule has 0 fully saturated rings. The minimum Gasteiger partial charge on any atom is -0.497 e. The number of carbonyl (C=O) groups is 1. The molecular formula is C21H26N2O4S. The molecule has 7 heteroatoms. The summed E-state index contributed by atoms with van der Waals surface area (Å²) in [4.78, 5) is 15.0. The van der Waals surface area contributed by atoms with E-state index in [-0.39, 0.29) is 16.7 Å². The highest BCUT2D eigenvalue weighted by molar-refractivity contribution is 7.89. The van der Waals surface area contributed by atoms with E-state index < -0.39 is 16.1 Å². The molecular weight excluding hydrogens is 376 g/mol. The molecule has 0 spiro atoms. The monoisotopic (exact) mass is 402 g/mol. The van der Waals surface area contributed by atoms with E-state index in [0.717, 1.165) is 12.0 Å². The van der Waals surface area contributed by atoms with Gasteiger partial charge in [0.25, 0.3) is 0 Å². The third kappa shape index (κ3) is 4.36. The zero-order valence-corrected chi connectivity index (χ0v) is 17.2. The molecule has 0 aliphatic carbocycles. The van der Waals surface area contributed by atoms with Crippen molar-refractivity contribution in [2.45, 2.75) is 37.8 Å². The van der Waals surface area contributed by atoms with Crippen LogP contribution in [0.3, 0.4) is 0 Å². The van der Waals surface area contributed by atoms with Crippen LogP contribution in [0.25, 0.3) is 0 Å². The Morgan fingerprint density at radius 3 is 2.32 bits per heavy atom. The van der Waals surface area contributed by atoms with Gasteiger partial charge in [-0.2, -0.15) is 4.72 Å². The second-order valence-corrected chi connectivity index (χ2v) is 9.01. The zero-order valence-electron chi connectivity index (χ0n) is 16.4. The summed E-state index contributed by atoms with van der Waals surface area (Å²) in [6, 6.07) is 13.3. The van der Waals surface area contributed by atoms with Gasteiger partial charge in [-0.15, -0.1) is 0 Å². The summed E-state index contributed by atoms with van der Waals surface area (Å²) in [6.07, 6.45) is 0.776. The predicted molar refractivity (Wildman–Crippen MR) is 108 cm³/mol. The number of sulfonamides is 1. The van der Waals surface area contributed by atoms with Gasteiger partial charge in [-0.25, -0.2) is 8.42 Å². The van der Waals surface area contributed by atoms with Crippen molar-refractivity contribution in [2.75, 3.05) is 13.7 Å². The van der Waals surface area contributed by atoms with Crippen LogP contribution >= 0.6 is 0 Å². The Kier molecular flexibility index (Phi) is 6.05. The fourth-order valence-corrected chi connectivity index (χ4v) is 4.68. The lowest BCUT2D eigenvalue weighted by atomic mass is 9.97. The lowest BCUT2D eigenvalue weighted by molar-refractivity contribution is -0.135. The number of nitrogens with one attached hydrogen (secondary N) is 1. The Morgan fingerprint density at radius 2 is 1.71 bits per heavy atom. The van der Waals surface area contributed by atoms with Gasteiger partial charge in [0, 0.05) is 13.1 Å². The minimum absolute atomic E-state index is 0.107. The van der Waals surface area contributed by atoms with Crippen molar-refractivity contribution in [3.8, 4) is 5.75 Å².